The highest BCUT2D eigenvalue weighted by Gasteiger charge is 2.11. The minimum Gasteiger partial charge on any atom is -0.484 e. The van der Waals surface area contributed by atoms with Gasteiger partial charge in [-0.25, -0.2) is 9.48 Å². The summed E-state index contributed by atoms with van der Waals surface area (Å²) in [6.07, 6.45) is 2.04. The molecule has 7 nitrogen and oxygen atoms in total. The van der Waals surface area contributed by atoms with Crippen LogP contribution in [0, 0.1) is 3.57 Å². The van der Waals surface area contributed by atoms with Gasteiger partial charge in [0.05, 0.1) is 9.13 Å². The van der Waals surface area contributed by atoms with E-state index >= 15 is 0 Å². The zero-order chi connectivity index (χ0) is 15.2. The molecule has 112 valence electrons. The van der Waals surface area contributed by atoms with Gasteiger partial charge in [0.2, 0.25) is 0 Å². The van der Waals surface area contributed by atoms with Gasteiger partial charge < -0.3 is 9.84 Å². The molecule has 0 aliphatic rings. The number of aromatic carboxylic acids is 1. The highest BCUT2D eigenvalue weighted by Crippen LogP contribution is 2.23. The van der Waals surface area contributed by atoms with E-state index in [-0.39, 0.29) is 12.2 Å². The fourth-order valence-corrected chi connectivity index (χ4v) is 2.19. The molecule has 0 saturated heterocycles. The van der Waals surface area contributed by atoms with Crippen LogP contribution in [0.2, 0.25) is 0 Å². The molecule has 0 unspecified atom stereocenters. The number of carbonyl (C=O) groups is 1. The van der Waals surface area contributed by atoms with Gasteiger partial charge in [0, 0.05) is 6.54 Å². The Bertz CT molecular complexity index is 630. The van der Waals surface area contributed by atoms with E-state index in [1.807, 2.05) is 0 Å². The number of unbranched alkanes of at least 4 members (excludes halogenated alkanes) is 1. The van der Waals surface area contributed by atoms with E-state index in [1.54, 1.807) is 16.8 Å². The fourth-order valence-electron chi connectivity index (χ4n) is 1.70. The number of aryl methyl sites for hydroxylation is 1. The highest BCUT2D eigenvalue weighted by atomic mass is 127. The van der Waals surface area contributed by atoms with Crippen LogP contribution in [0.4, 0.5) is 0 Å². The van der Waals surface area contributed by atoms with Crippen molar-refractivity contribution < 1.29 is 14.6 Å². The van der Waals surface area contributed by atoms with Crippen molar-refractivity contribution in [3.05, 3.63) is 33.2 Å². The number of carboxylic acids is 1. The first-order valence-corrected chi connectivity index (χ1v) is 7.60. The van der Waals surface area contributed by atoms with Gasteiger partial charge in [-0.2, -0.15) is 0 Å². The van der Waals surface area contributed by atoms with Crippen molar-refractivity contribution in [2.24, 2.45) is 0 Å². The molecule has 1 heterocycles. The van der Waals surface area contributed by atoms with Crippen molar-refractivity contribution >= 4 is 28.6 Å². The second kappa shape index (κ2) is 7.34. The standard InChI is InChI=1S/C13H15IN4O3/c1-2-3-6-18-12(15-16-17-18)8-21-11-7-9(13(19)20)4-5-10(11)14/h4-5,7H,2-3,6,8H2,1H3,(H,19,20). The summed E-state index contributed by atoms with van der Waals surface area (Å²) >= 11 is 2.10. The van der Waals surface area contributed by atoms with E-state index in [4.69, 9.17) is 9.84 Å². The maximum atomic E-state index is 11.0. The number of hydrogen-bond acceptors (Lipinski definition) is 5. The minimum atomic E-state index is -0.982. The first-order valence-electron chi connectivity index (χ1n) is 6.52. The molecule has 1 aromatic carbocycles. The lowest BCUT2D eigenvalue weighted by molar-refractivity contribution is 0.0696. The molecular weight excluding hydrogens is 387 g/mol. The van der Waals surface area contributed by atoms with E-state index in [1.165, 1.54) is 6.07 Å². The first-order chi connectivity index (χ1) is 10.1. The molecule has 0 atom stereocenters. The van der Waals surface area contributed by atoms with Crippen LogP contribution in [-0.4, -0.2) is 31.3 Å². The Hall–Kier alpha value is -1.71. The number of tetrazole rings is 1. The van der Waals surface area contributed by atoms with Gasteiger partial charge in [-0.1, -0.05) is 13.3 Å². The summed E-state index contributed by atoms with van der Waals surface area (Å²) in [6.45, 7) is 3.05. The van der Waals surface area contributed by atoms with Crippen LogP contribution in [0.25, 0.3) is 0 Å². The number of carboxylic acid groups (broad SMARTS) is 1. The number of ether oxygens (including phenoxy) is 1. The summed E-state index contributed by atoms with van der Waals surface area (Å²) in [7, 11) is 0. The number of halogens is 1. The van der Waals surface area contributed by atoms with Crippen molar-refractivity contribution in [1.29, 1.82) is 0 Å². The third kappa shape index (κ3) is 4.13. The predicted molar refractivity (Wildman–Crippen MR) is 83.2 cm³/mol. The fraction of sp³-hybridized carbons (Fsp3) is 0.385. The summed E-state index contributed by atoms with van der Waals surface area (Å²) in [6, 6.07) is 4.76. The lowest BCUT2D eigenvalue weighted by Crippen LogP contribution is -2.09. The second-order valence-electron chi connectivity index (χ2n) is 4.41. The molecule has 0 radical (unpaired) electrons. The lowest BCUT2D eigenvalue weighted by Gasteiger charge is -2.09. The molecule has 0 bridgehead atoms. The Kier molecular flexibility index (Phi) is 5.48. The Morgan fingerprint density at radius 2 is 2.29 bits per heavy atom. The van der Waals surface area contributed by atoms with E-state index in [0.29, 0.717) is 11.6 Å². The van der Waals surface area contributed by atoms with Gasteiger partial charge >= 0.3 is 5.97 Å². The topological polar surface area (TPSA) is 90.1 Å². The SMILES string of the molecule is CCCCn1nnnc1COc1cc(C(=O)O)ccc1I. The number of aromatic nitrogens is 4. The number of hydrogen-bond donors (Lipinski definition) is 1. The molecule has 0 amide bonds. The van der Waals surface area contributed by atoms with Crippen LogP contribution in [-0.2, 0) is 13.2 Å². The van der Waals surface area contributed by atoms with E-state index < -0.39 is 5.97 Å². The Morgan fingerprint density at radius 1 is 1.48 bits per heavy atom. The average Bonchev–Trinajstić information content (AvgIpc) is 2.91. The second-order valence-corrected chi connectivity index (χ2v) is 5.57. The van der Waals surface area contributed by atoms with Gasteiger partial charge in [0.25, 0.3) is 0 Å². The molecule has 8 heteroatoms. The molecule has 1 aromatic heterocycles. The lowest BCUT2D eigenvalue weighted by atomic mass is 10.2. The third-order valence-electron chi connectivity index (χ3n) is 2.86. The van der Waals surface area contributed by atoms with Crippen LogP contribution in [0.3, 0.4) is 0 Å². The molecular formula is C13H15IN4O3. The largest absolute Gasteiger partial charge is 0.484 e. The zero-order valence-electron chi connectivity index (χ0n) is 11.5. The van der Waals surface area contributed by atoms with Crippen LogP contribution in [0.5, 0.6) is 5.75 Å². The number of benzene rings is 1. The summed E-state index contributed by atoms with van der Waals surface area (Å²) in [5, 5.41) is 20.5. The first kappa shape index (κ1) is 15.7. The summed E-state index contributed by atoms with van der Waals surface area (Å²) in [5.74, 6) is 0.157. The Balaban J connectivity index is 2.08. The number of nitrogens with zero attached hydrogens (tertiary/aromatic N) is 4. The molecule has 21 heavy (non-hydrogen) atoms. The quantitative estimate of drug-likeness (QED) is 0.716. The average molecular weight is 402 g/mol. The molecule has 1 N–H and O–H groups in total. The smallest absolute Gasteiger partial charge is 0.335 e. The molecule has 0 fully saturated rings. The van der Waals surface area contributed by atoms with Crippen molar-refractivity contribution in [1.82, 2.24) is 20.2 Å². The van der Waals surface area contributed by atoms with Crippen LogP contribution < -0.4 is 4.74 Å². The summed E-state index contributed by atoms with van der Waals surface area (Å²) in [5.41, 5.74) is 0.191. The summed E-state index contributed by atoms with van der Waals surface area (Å²) < 4.78 is 8.20. The highest BCUT2D eigenvalue weighted by molar-refractivity contribution is 14.1. The normalized spacial score (nSPS) is 10.6. The molecule has 0 spiro atoms. The predicted octanol–water partition coefficient (Wildman–Crippen LogP) is 2.36. The van der Waals surface area contributed by atoms with Gasteiger partial charge in [0.1, 0.15) is 12.4 Å². The van der Waals surface area contributed by atoms with E-state index in [2.05, 4.69) is 45.0 Å². The van der Waals surface area contributed by atoms with E-state index in [9.17, 15) is 4.79 Å². The minimum absolute atomic E-state index is 0.191. The van der Waals surface area contributed by atoms with Crippen LogP contribution >= 0.6 is 22.6 Å². The van der Waals surface area contributed by atoms with Gasteiger partial charge in [-0.3, -0.25) is 0 Å². The van der Waals surface area contributed by atoms with Gasteiger partial charge in [-0.05, 0) is 57.6 Å². The Morgan fingerprint density at radius 3 is 3.00 bits per heavy atom. The van der Waals surface area contributed by atoms with Crippen molar-refractivity contribution in [3.63, 3.8) is 0 Å². The molecule has 2 aromatic rings. The van der Waals surface area contributed by atoms with Crippen molar-refractivity contribution in [3.8, 4) is 5.75 Å². The van der Waals surface area contributed by atoms with Crippen LogP contribution in [0.15, 0.2) is 18.2 Å². The van der Waals surface area contributed by atoms with Crippen molar-refractivity contribution in [2.75, 3.05) is 0 Å². The zero-order valence-corrected chi connectivity index (χ0v) is 13.6. The third-order valence-corrected chi connectivity index (χ3v) is 3.76. The molecule has 0 aliphatic carbocycles. The maximum Gasteiger partial charge on any atom is 0.335 e. The van der Waals surface area contributed by atoms with Crippen LogP contribution in [0.1, 0.15) is 35.9 Å². The molecule has 0 aliphatic heterocycles. The summed E-state index contributed by atoms with van der Waals surface area (Å²) in [4.78, 5) is 11.0. The van der Waals surface area contributed by atoms with Gasteiger partial charge in [0.15, 0.2) is 5.82 Å². The maximum absolute atomic E-state index is 11.0. The van der Waals surface area contributed by atoms with E-state index in [0.717, 1.165) is 23.0 Å². The molecule has 0 saturated carbocycles. The molecule has 2 rings (SSSR count). The Labute approximate surface area is 135 Å². The van der Waals surface area contributed by atoms with Crippen molar-refractivity contribution in [2.45, 2.75) is 32.9 Å². The monoisotopic (exact) mass is 402 g/mol. The number of rotatable bonds is 7. The van der Waals surface area contributed by atoms with Gasteiger partial charge in [-0.15, -0.1) is 5.10 Å².